The molecule has 0 aromatic heterocycles. The Kier molecular flexibility index (Phi) is 3.81. The average Bonchev–Trinajstić information content (AvgIpc) is 2.11. The first-order valence-corrected chi connectivity index (χ1v) is 4.57. The van der Waals surface area contributed by atoms with Gasteiger partial charge in [-0.2, -0.15) is 4.94 Å². The van der Waals surface area contributed by atoms with Crippen molar-refractivity contribution in [2.75, 3.05) is 5.17 Å². The van der Waals surface area contributed by atoms with E-state index in [9.17, 15) is 10.1 Å². The van der Waals surface area contributed by atoms with Crippen molar-refractivity contribution in [2.45, 2.75) is 0 Å². The number of rotatable bonds is 3. The van der Waals surface area contributed by atoms with Crippen molar-refractivity contribution in [1.29, 1.82) is 0 Å². The van der Waals surface area contributed by atoms with Crippen molar-refractivity contribution < 1.29 is 10.0 Å². The van der Waals surface area contributed by atoms with E-state index in [1.54, 1.807) is 0 Å². The van der Waals surface area contributed by atoms with Crippen LogP contribution in [0.1, 0.15) is 0 Å². The molecule has 0 heterocycles. The van der Waals surface area contributed by atoms with Gasteiger partial charge in [0.1, 0.15) is 5.69 Å². The summed E-state index contributed by atoms with van der Waals surface area (Å²) in [6.07, 6.45) is 0. The molecule has 0 amide bonds. The minimum Gasteiger partial charge on any atom is -0.223 e. The van der Waals surface area contributed by atoms with Gasteiger partial charge in [-0.25, -0.2) is 5.84 Å². The fourth-order valence-electron chi connectivity index (χ4n) is 0.831. The summed E-state index contributed by atoms with van der Waals surface area (Å²) in [5.74, 6) is 5.21. The minimum absolute atomic E-state index is 0.0338. The summed E-state index contributed by atoms with van der Waals surface area (Å²) < 4.78 is 0. The molecule has 0 radical (unpaired) electrons. The molecule has 0 bridgehead atoms. The van der Waals surface area contributed by atoms with E-state index < -0.39 is 5.09 Å². The lowest BCUT2D eigenvalue weighted by molar-refractivity contribution is -0.762. The molecule has 0 aliphatic carbocycles. The monoisotopic (exact) mass is 271 g/mol. The van der Waals surface area contributed by atoms with Gasteiger partial charge in [0.25, 0.3) is 0 Å². The quantitative estimate of drug-likeness (QED) is 0.395. The van der Waals surface area contributed by atoms with Crippen molar-refractivity contribution in [2.24, 2.45) is 5.84 Å². The van der Waals surface area contributed by atoms with Gasteiger partial charge in [0.05, 0.1) is 15.1 Å². The molecule has 0 atom stereocenters. The molecule has 82 valence electrons. The Hall–Kier alpha value is -0.950. The number of nitrogens with two attached hydrogens (primary N) is 1. The van der Waals surface area contributed by atoms with Crippen molar-refractivity contribution in [3.63, 3.8) is 0 Å². The highest BCUT2D eigenvalue weighted by Gasteiger charge is 2.17. The van der Waals surface area contributed by atoms with Gasteiger partial charge in [0.15, 0.2) is 0 Å². The Morgan fingerprint density at radius 1 is 1.33 bits per heavy atom. The summed E-state index contributed by atoms with van der Waals surface area (Å²) in [5.41, 5.74) is -0.0810. The van der Waals surface area contributed by atoms with Crippen LogP contribution >= 0.6 is 34.8 Å². The summed E-state index contributed by atoms with van der Waals surface area (Å²) in [6.45, 7) is 0. The fraction of sp³-hybridized carbons (Fsp3) is 0. The number of hydrogen-bond acceptors (Lipinski definition) is 5. The number of nitrogens with zero attached hydrogens (tertiary/aromatic N) is 2. The maximum atomic E-state index is 10.0. The van der Waals surface area contributed by atoms with E-state index in [2.05, 4.69) is 4.94 Å². The topological polar surface area (TPSA) is 81.6 Å². The van der Waals surface area contributed by atoms with Crippen LogP contribution in [0.5, 0.6) is 0 Å². The summed E-state index contributed by atoms with van der Waals surface area (Å²) in [7, 11) is 0. The highest BCUT2D eigenvalue weighted by molar-refractivity contribution is 6.46. The van der Waals surface area contributed by atoms with Crippen molar-refractivity contribution in [3.8, 4) is 0 Å². The fourth-order valence-corrected chi connectivity index (χ4v) is 1.52. The predicted octanol–water partition coefficient (Wildman–Crippen LogP) is 2.45. The standard InChI is InChI=1S/C6H4Cl3N3O3/c7-3-1-2-4(8)6(5(3)9)11(10)15-12(13)14/h1-2H,10H2. The molecule has 0 spiro atoms. The number of anilines is 1. The molecule has 6 nitrogen and oxygen atoms in total. The highest BCUT2D eigenvalue weighted by atomic mass is 35.5. The third-order valence-corrected chi connectivity index (χ3v) is 2.49. The van der Waals surface area contributed by atoms with Crippen LogP contribution in [-0.2, 0) is 4.94 Å². The minimum atomic E-state index is -1.10. The number of benzene rings is 1. The zero-order valence-electron chi connectivity index (χ0n) is 6.99. The van der Waals surface area contributed by atoms with Crippen LogP contribution in [0, 0.1) is 10.1 Å². The lowest BCUT2D eigenvalue weighted by atomic mass is 10.3. The van der Waals surface area contributed by atoms with Crippen molar-refractivity contribution in [1.82, 2.24) is 0 Å². The number of hydrogen-bond donors (Lipinski definition) is 1. The van der Waals surface area contributed by atoms with Crippen LogP contribution in [0.15, 0.2) is 12.1 Å². The molecule has 0 aliphatic rings. The van der Waals surface area contributed by atoms with Crippen LogP contribution in [0.3, 0.4) is 0 Å². The molecule has 1 aromatic carbocycles. The second kappa shape index (κ2) is 4.71. The largest absolute Gasteiger partial charge is 0.318 e. The molecule has 0 aliphatic heterocycles. The van der Waals surface area contributed by atoms with E-state index in [4.69, 9.17) is 40.6 Å². The summed E-state index contributed by atoms with van der Waals surface area (Å²) >= 11 is 17.1. The molecule has 15 heavy (non-hydrogen) atoms. The Bertz CT molecular complexity index is 401. The molecule has 9 heteroatoms. The maximum Gasteiger partial charge on any atom is 0.318 e. The van der Waals surface area contributed by atoms with Gasteiger partial charge in [-0.05, 0) is 12.1 Å². The first-order valence-electron chi connectivity index (χ1n) is 3.44. The molecule has 0 fully saturated rings. The van der Waals surface area contributed by atoms with E-state index in [1.165, 1.54) is 12.1 Å². The van der Waals surface area contributed by atoms with Crippen molar-refractivity contribution in [3.05, 3.63) is 37.3 Å². The van der Waals surface area contributed by atoms with Gasteiger partial charge < -0.3 is 0 Å². The van der Waals surface area contributed by atoms with Crippen LogP contribution in [-0.4, -0.2) is 5.09 Å². The van der Waals surface area contributed by atoms with Crippen LogP contribution in [0.25, 0.3) is 0 Å². The zero-order chi connectivity index (χ0) is 11.6. The van der Waals surface area contributed by atoms with Gasteiger partial charge in [0, 0.05) is 0 Å². The first-order chi connectivity index (χ1) is 6.93. The van der Waals surface area contributed by atoms with E-state index >= 15 is 0 Å². The SMILES string of the molecule is NN(O[N+](=O)[O-])c1c(Cl)ccc(Cl)c1Cl. The third kappa shape index (κ3) is 2.75. The second-order valence-electron chi connectivity index (χ2n) is 2.32. The number of halogens is 3. The Morgan fingerprint density at radius 2 is 1.87 bits per heavy atom. The molecule has 0 unspecified atom stereocenters. The van der Waals surface area contributed by atoms with Crippen LogP contribution in [0.4, 0.5) is 5.69 Å². The van der Waals surface area contributed by atoms with Gasteiger partial charge in [-0.1, -0.05) is 34.8 Å². The molecular weight excluding hydrogens is 268 g/mol. The average molecular weight is 272 g/mol. The van der Waals surface area contributed by atoms with E-state index in [1.807, 2.05) is 0 Å². The molecule has 1 rings (SSSR count). The van der Waals surface area contributed by atoms with E-state index in [0.29, 0.717) is 5.17 Å². The molecule has 2 N–H and O–H groups in total. The Labute approximate surface area is 99.1 Å². The smallest absolute Gasteiger partial charge is 0.223 e. The van der Waals surface area contributed by atoms with Gasteiger partial charge in [-0.15, -0.1) is 15.3 Å². The Balaban J connectivity index is 3.12. The van der Waals surface area contributed by atoms with Crippen molar-refractivity contribution >= 4 is 40.5 Å². The number of hydrazine groups is 1. The molecule has 0 saturated carbocycles. The Morgan fingerprint density at radius 3 is 2.40 bits per heavy atom. The summed E-state index contributed by atoms with van der Waals surface area (Å²) in [6, 6.07) is 2.81. The third-order valence-electron chi connectivity index (χ3n) is 1.39. The van der Waals surface area contributed by atoms with E-state index in [0.717, 1.165) is 0 Å². The van der Waals surface area contributed by atoms with Gasteiger partial charge in [0.2, 0.25) is 0 Å². The van der Waals surface area contributed by atoms with Gasteiger partial charge in [-0.3, -0.25) is 0 Å². The van der Waals surface area contributed by atoms with Crippen LogP contribution in [0.2, 0.25) is 15.1 Å². The predicted molar refractivity (Wildman–Crippen MR) is 56.2 cm³/mol. The molecule has 1 aromatic rings. The second-order valence-corrected chi connectivity index (χ2v) is 3.52. The maximum absolute atomic E-state index is 10.0. The zero-order valence-corrected chi connectivity index (χ0v) is 9.25. The summed E-state index contributed by atoms with van der Waals surface area (Å²) in [5, 5.41) is 9.45. The molecular formula is C6H4Cl3N3O3. The lowest BCUT2D eigenvalue weighted by Crippen LogP contribution is -2.33. The lowest BCUT2D eigenvalue weighted by Gasteiger charge is -2.17. The first kappa shape index (κ1) is 12.1. The summed E-state index contributed by atoms with van der Waals surface area (Å²) in [4.78, 5) is 14.0. The van der Waals surface area contributed by atoms with Crippen LogP contribution < -0.4 is 11.0 Å². The normalized spacial score (nSPS) is 9.87. The van der Waals surface area contributed by atoms with E-state index in [-0.39, 0.29) is 20.8 Å². The van der Waals surface area contributed by atoms with Gasteiger partial charge >= 0.3 is 5.09 Å². The molecule has 0 saturated heterocycles. The highest BCUT2D eigenvalue weighted by Crippen LogP contribution is 2.37.